The van der Waals surface area contributed by atoms with Gasteiger partial charge in [0.15, 0.2) is 0 Å². The fourth-order valence-electron chi connectivity index (χ4n) is 3.29. The van der Waals surface area contributed by atoms with Crippen molar-refractivity contribution in [2.45, 2.75) is 32.2 Å². The first kappa shape index (κ1) is 14.1. The second-order valence-corrected chi connectivity index (χ2v) is 5.78. The van der Waals surface area contributed by atoms with Crippen molar-refractivity contribution in [3.05, 3.63) is 64.5 Å². The number of hydrogen-bond donors (Lipinski definition) is 1. The number of benzene rings is 2. The molecular formula is C18H20FNO. The zero-order chi connectivity index (χ0) is 15.0. The predicted molar refractivity (Wildman–Crippen MR) is 82.1 cm³/mol. The van der Waals surface area contributed by atoms with Crippen molar-refractivity contribution in [1.82, 2.24) is 0 Å². The van der Waals surface area contributed by atoms with Gasteiger partial charge in [-0.25, -0.2) is 4.39 Å². The van der Waals surface area contributed by atoms with Crippen LogP contribution in [0.15, 0.2) is 36.4 Å². The van der Waals surface area contributed by atoms with Gasteiger partial charge in [-0.2, -0.15) is 0 Å². The molecule has 0 fully saturated rings. The van der Waals surface area contributed by atoms with Crippen molar-refractivity contribution >= 4 is 0 Å². The molecule has 0 aliphatic carbocycles. The SMILES string of the molecule is Cc1cc(C)c(C(N)C2CCOc3ccccc32)c(F)c1. The molecule has 2 unspecified atom stereocenters. The van der Waals surface area contributed by atoms with Crippen LogP contribution in [0.2, 0.25) is 0 Å². The molecule has 3 rings (SSSR count). The molecule has 0 saturated carbocycles. The van der Waals surface area contributed by atoms with Gasteiger partial charge in [0.1, 0.15) is 11.6 Å². The summed E-state index contributed by atoms with van der Waals surface area (Å²) in [6, 6.07) is 11.1. The van der Waals surface area contributed by atoms with Crippen LogP contribution in [-0.2, 0) is 0 Å². The highest BCUT2D eigenvalue weighted by Crippen LogP contribution is 2.41. The zero-order valence-corrected chi connectivity index (χ0v) is 12.4. The maximum absolute atomic E-state index is 14.4. The Labute approximate surface area is 124 Å². The summed E-state index contributed by atoms with van der Waals surface area (Å²) in [4.78, 5) is 0. The van der Waals surface area contributed by atoms with E-state index in [4.69, 9.17) is 10.5 Å². The van der Waals surface area contributed by atoms with Gasteiger partial charge >= 0.3 is 0 Å². The summed E-state index contributed by atoms with van der Waals surface area (Å²) in [5.74, 6) is 0.754. The summed E-state index contributed by atoms with van der Waals surface area (Å²) in [7, 11) is 0. The minimum Gasteiger partial charge on any atom is -0.493 e. The van der Waals surface area contributed by atoms with Gasteiger partial charge in [-0.05, 0) is 49.1 Å². The zero-order valence-electron chi connectivity index (χ0n) is 12.4. The predicted octanol–water partition coefficient (Wildman–Crippen LogP) is 4.01. The van der Waals surface area contributed by atoms with E-state index in [9.17, 15) is 4.39 Å². The maximum atomic E-state index is 14.4. The number of fused-ring (bicyclic) bond motifs is 1. The monoisotopic (exact) mass is 285 g/mol. The maximum Gasteiger partial charge on any atom is 0.128 e. The molecule has 110 valence electrons. The highest BCUT2D eigenvalue weighted by molar-refractivity contribution is 5.42. The van der Waals surface area contributed by atoms with E-state index in [1.807, 2.05) is 44.2 Å². The molecule has 0 radical (unpaired) electrons. The molecule has 0 aromatic heterocycles. The summed E-state index contributed by atoms with van der Waals surface area (Å²) in [6.07, 6.45) is 0.810. The lowest BCUT2D eigenvalue weighted by Crippen LogP contribution is -2.26. The fourth-order valence-corrected chi connectivity index (χ4v) is 3.29. The molecule has 1 aliphatic rings. The Kier molecular flexibility index (Phi) is 3.68. The minimum atomic E-state index is -0.351. The third kappa shape index (κ3) is 2.54. The molecule has 1 heterocycles. The van der Waals surface area contributed by atoms with Crippen molar-refractivity contribution in [3.8, 4) is 5.75 Å². The number of para-hydroxylation sites is 1. The van der Waals surface area contributed by atoms with Gasteiger partial charge in [0.25, 0.3) is 0 Å². The van der Waals surface area contributed by atoms with Crippen LogP contribution < -0.4 is 10.5 Å². The van der Waals surface area contributed by atoms with Crippen LogP contribution in [0.25, 0.3) is 0 Å². The topological polar surface area (TPSA) is 35.2 Å². The standard InChI is InChI=1S/C18H20FNO/c1-11-9-12(2)17(15(19)10-11)18(20)14-7-8-21-16-6-4-3-5-13(14)16/h3-6,9-10,14,18H,7-8,20H2,1-2H3. The quantitative estimate of drug-likeness (QED) is 0.905. The normalized spacial score (nSPS) is 18.8. The Hall–Kier alpha value is -1.87. The summed E-state index contributed by atoms with van der Waals surface area (Å²) >= 11 is 0. The summed E-state index contributed by atoms with van der Waals surface area (Å²) in [6.45, 7) is 4.45. The van der Waals surface area contributed by atoms with Gasteiger partial charge in [0, 0.05) is 17.5 Å². The molecule has 2 aromatic rings. The number of rotatable bonds is 2. The minimum absolute atomic E-state index is 0.0888. The van der Waals surface area contributed by atoms with Crippen LogP contribution in [0, 0.1) is 19.7 Å². The Morgan fingerprint density at radius 2 is 2.00 bits per heavy atom. The largest absolute Gasteiger partial charge is 0.493 e. The van der Waals surface area contributed by atoms with Gasteiger partial charge < -0.3 is 10.5 Å². The van der Waals surface area contributed by atoms with Crippen molar-refractivity contribution in [1.29, 1.82) is 0 Å². The molecule has 3 heteroatoms. The van der Waals surface area contributed by atoms with Crippen molar-refractivity contribution < 1.29 is 9.13 Å². The van der Waals surface area contributed by atoms with Crippen molar-refractivity contribution in [2.75, 3.05) is 6.61 Å². The number of halogens is 1. The molecule has 2 aromatic carbocycles. The highest BCUT2D eigenvalue weighted by Gasteiger charge is 2.30. The molecule has 0 saturated heterocycles. The average molecular weight is 285 g/mol. The van der Waals surface area contributed by atoms with E-state index in [0.717, 1.165) is 28.9 Å². The molecule has 0 amide bonds. The number of aryl methyl sites for hydroxylation is 2. The van der Waals surface area contributed by atoms with E-state index in [1.54, 1.807) is 6.07 Å². The number of hydrogen-bond acceptors (Lipinski definition) is 2. The number of ether oxygens (including phenoxy) is 1. The average Bonchev–Trinajstić information content (AvgIpc) is 2.45. The lowest BCUT2D eigenvalue weighted by Gasteiger charge is -2.31. The molecule has 1 aliphatic heterocycles. The van der Waals surface area contributed by atoms with Crippen LogP contribution in [0.3, 0.4) is 0 Å². The Morgan fingerprint density at radius 1 is 1.24 bits per heavy atom. The number of nitrogens with two attached hydrogens (primary N) is 1. The Balaban J connectivity index is 2.03. The van der Waals surface area contributed by atoms with Crippen molar-refractivity contribution in [3.63, 3.8) is 0 Å². The molecule has 0 spiro atoms. The molecule has 21 heavy (non-hydrogen) atoms. The smallest absolute Gasteiger partial charge is 0.128 e. The van der Waals surface area contributed by atoms with E-state index in [-0.39, 0.29) is 17.8 Å². The van der Waals surface area contributed by atoms with Crippen LogP contribution in [0.4, 0.5) is 4.39 Å². The molecule has 0 bridgehead atoms. The van der Waals surface area contributed by atoms with Crippen LogP contribution >= 0.6 is 0 Å². The lowest BCUT2D eigenvalue weighted by molar-refractivity contribution is 0.254. The van der Waals surface area contributed by atoms with Gasteiger partial charge in [-0.3, -0.25) is 0 Å². The molecule has 2 nitrogen and oxygen atoms in total. The summed E-state index contributed by atoms with van der Waals surface area (Å²) in [5, 5.41) is 0. The van der Waals surface area contributed by atoms with Gasteiger partial charge in [-0.15, -0.1) is 0 Å². The summed E-state index contributed by atoms with van der Waals surface area (Å²) in [5.41, 5.74) is 9.99. The second-order valence-electron chi connectivity index (χ2n) is 5.78. The van der Waals surface area contributed by atoms with E-state index < -0.39 is 0 Å². The first-order chi connectivity index (χ1) is 10.1. The van der Waals surface area contributed by atoms with E-state index in [1.165, 1.54) is 0 Å². The first-order valence-electron chi connectivity index (χ1n) is 7.32. The van der Waals surface area contributed by atoms with E-state index >= 15 is 0 Å². The van der Waals surface area contributed by atoms with Crippen LogP contribution in [0.1, 0.15) is 40.6 Å². The highest BCUT2D eigenvalue weighted by atomic mass is 19.1. The molecule has 2 N–H and O–H groups in total. The fraction of sp³-hybridized carbons (Fsp3) is 0.333. The lowest BCUT2D eigenvalue weighted by atomic mass is 9.82. The van der Waals surface area contributed by atoms with Gasteiger partial charge in [0.05, 0.1) is 6.61 Å². The second kappa shape index (κ2) is 5.49. The third-order valence-corrected chi connectivity index (χ3v) is 4.25. The van der Waals surface area contributed by atoms with Crippen LogP contribution in [0.5, 0.6) is 5.75 Å². The summed E-state index contributed by atoms with van der Waals surface area (Å²) < 4.78 is 20.1. The molecule has 2 atom stereocenters. The first-order valence-corrected chi connectivity index (χ1v) is 7.32. The van der Waals surface area contributed by atoms with E-state index in [2.05, 4.69) is 0 Å². The van der Waals surface area contributed by atoms with Gasteiger partial charge in [-0.1, -0.05) is 24.3 Å². The Bertz CT molecular complexity index is 645. The van der Waals surface area contributed by atoms with Crippen LogP contribution in [-0.4, -0.2) is 6.61 Å². The van der Waals surface area contributed by atoms with E-state index in [0.29, 0.717) is 12.2 Å². The third-order valence-electron chi connectivity index (χ3n) is 4.25. The van der Waals surface area contributed by atoms with Gasteiger partial charge in [0.2, 0.25) is 0 Å². The molecular weight excluding hydrogens is 265 g/mol. The van der Waals surface area contributed by atoms with Crippen molar-refractivity contribution in [2.24, 2.45) is 5.73 Å². The Morgan fingerprint density at radius 3 is 2.76 bits per heavy atom.